The fourth-order valence-electron chi connectivity index (χ4n) is 3.31. The van der Waals surface area contributed by atoms with E-state index in [1.165, 1.54) is 6.92 Å². The summed E-state index contributed by atoms with van der Waals surface area (Å²) in [6.07, 6.45) is -5.21. The summed E-state index contributed by atoms with van der Waals surface area (Å²) in [5.74, 6) is -1.11. The van der Waals surface area contributed by atoms with Gasteiger partial charge in [-0.25, -0.2) is 4.79 Å². The van der Waals surface area contributed by atoms with Gasteiger partial charge in [-0.15, -0.1) is 0 Å². The minimum atomic E-state index is -1.10. The summed E-state index contributed by atoms with van der Waals surface area (Å²) in [6, 6.07) is 8.44. The first-order valence-corrected chi connectivity index (χ1v) is 7.62. The Morgan fingerprint density at radius 3 is 2.17 bits per heavy atom. The number of hydrogen-bond acceptors (Lipinski definition) is 8. The molecular weight excluding hydrogens is 320 g/mol. The number of hydrogen-bond donors (Lipinski definition) is 1. The summed E-state index contributed by atoms with van der Waals surface area (Å²) in [5.41, 5.74) is 0.362. The van der Waals surface area contributed by atoms with Gasteiger partial charge >= 0.3 is 11.9 Å². The van der Waals surface area contributed by atoms with Crippen molar-refractivity contribution in [2.24, 2.45) is 0 Å². The average Bonchev–Trinajstić information content (AvgIpc) is 2.57. The van der Waals surface area contributed by atoms with Crippen molar-refractivity contribution in [3.8, 4) is 0 Å². The van der Waals surface area contributed by atoms with Crippen LogP contribution < -0.4 is 0 Å². The van der Waals surface area contributed by atoms with E-state index in [2.05, 4.69) is 0 Å². The molecule has 1 aliphatic carbocycles. The maximum atomic E-state index is 12.3. The third-order valence-corrected chi connectivity index (χ3v) is 4.33. The Kier molecular flexibility index (Phi) is 3.76. The quantitative estimate of drug-likeness (QED) is 0.769. The van der Waals surface area contributed by atoms with Crippen LogP contribution in [0.25, 0.3) is 0 Å². The number of esters is 2. The van der Waals surface area contributed by atoms with Crippen LogP contribution in [0.2, 0.25) is 0 Å². The second-order valence-corrected chi connectivity index (χ2v) is 5.89. The minimum Gasteiger partial charge on any atom is -0.457 e. The highest BCUT2D eigenvalue weighted by atomic mass is 16.9. The molecule has 1 unspecified atom stereocenters. The second-order valence-electron chi connectivity index (χ2n) is 5.89. The molecule has 8 nitrogen and oxygen atoms in total. The number of carbonyl (C=O) groups is 2. The normalized spacial score (nSPS) is 39.5. The first kappa shape index (κ1) is 15.5. The van der Waals surface area contributed by atoms with Crippen LogP contribution in [0.4, 0.5) is 0 Å². The Morgan fingerprint density at radius 2 is 1.54 bits per heavy atom. The summed E-state index contributed by atoms with van der Waals surface area (Å²) >= 11 is 0. The van der Waals surface area contributed by atoms with Gasteiger partial charge in [0, 0.05) is 6.92 Å². The highest BCUT2D eigenvalue weighted by molar-refractivity contribution is 5.89. The van der Waals surface area contributed by atoms with Crippen molar-refractivity contribution in [3.05, 3.63) is 35.9 Å². The first-order chi connectivity index (χ1) is 11.5. The van der Waals surface area contributed by atoms with Gasteiger partial charge in [-0.3, -0.25) is 4.79 Å². The Labute approximate surface area is 137 Å². The van der Waals surface area contributed by atoms with Crippen LogP contribution >= 0.6 is 0 Å². The predicted octanol–water partition coefficient (Wildman–Crippen LogP) is -0.0154. The molecule has 4 fully saturated rings. The lowest BCUT2D eigenvalue weighted by Gasteiger charge is -2.56. The topological polar surface area (TPSA) is 101 Å². The molecule has 1 aromatic carbocycles. The van der Waals surface area contributed by atoms with E-state index in [0.29, 0.717) is 5.56 Å². The minimum absolute atomic E-state index is 0.362. The number of rotatable bonds is 3. The molecule has 3 saturated heterocycles. The molecule has 3 aliphatic heterocycles. The lowest BCUT2D eigenvalue weighted by atomic mass is 9.82. The number of benzene rings is 1. The molecule has 0 radical (unpaired) electrons. The molecule has 3 heterocycles. The summed E-state index contributed by atoms with van der Waals surface area (Å²) < 4.78 is 27.0. The van der Waals surface area contributed by atoms with Crippen molar-refractivity contribution in [2.75, 3.05) is 0 Å². The molecule has 0 aromatic heterocycles. The van der Waals surface area contributed by atoms with Gasteiger partial charge in [0.15, 0.2) is 12.2 Å². The van der Waals surface area contributed by atoms with Crippen LogP contribution in [0.3, 0.4) is 0 Å². The van der Waals surface area contributed by atoms with E-state index in [4.69, 9.17) is 23.7 Å². The Bertz CT molecular complexity index is 647. The van der Waals surface area contributed by atoms with E-state index < -0.39 is 55.0 Å². The van der Waals surface area contributed by atoms with Crippen LogP contribution in [0, 0.1) is 0 Å². The van der Waals surface area contributed by atoms with Crippen LogP contribution in [0.5, 0.6) is 0 Å². The number of carbonyl (C=O) groups excluding carboxylic acids is 2. The van der Waals surface area contributed by atoms with Crippen LogP contribution in [0.15, 0.2) is 30.3 Å². The molecule has 8 heteroatoms. The van der Waals surface area contributed by atoms with Gasteiger partial charge < -0.3 is 28.8 Å². The van der Waals surface area contributed by atoms with Gasteiger partial charge in [0.25, 0.3) is 6.48 Å². The monoisotopic (exact) mass is 336 g/mol. The van der Waals surface area contributed by atoms with Crippen LogP contribution in [-0.4, -0.2) is 60.1 Å². The van der Waals surface area contributed by atoms with Crippen molar-refractivity contribution in [1.29, 1.82) is 0 Å². The maximum Gasteiger partial charge on any atom is 0.338 e. The van der Waals surface area contributed by atoms with Crippen LogP contribution in [0.1, 0.15) is 17.3 Å². The zero-order chi connectivity index (χ0) is 16.8. The van der Waals surface area contributed by atoms with Gasteiger partial charge in [0.1, 0.15) is 24.4 Å². The van der Waals surface area contributed by atoms with Gasteiger partial charge in [0.05, 0.1) is 5.56 Å². The predicted molar refractivity (Wildman–Crippen MR) is 75.6 cm³/mol. The van der Waals surface area contributed by atoms with Crippen molar-refractivity contribution >= 4 is 11.9 Å². The fourth-order valence-corrected chi connectivity index (χ4v) is 3.31. The summed E-state index contributed by atoms with van der Waals surface area (Å²) in [7, 11) is 0. The zero-order valence-corrected chi connectivity index (χ0v) is 12.7. The summed E-state index contributed by atoms with van der Waals surface area (Å²) in [6.45, 7) is 0.283. The number of aliphatic hydroxyl groups excluding tert-OH is 1. The lowest BCUT2D eigenvalue weighted by Crippen LogP contribution is -2.76. The van der Waals surface area contributed by atoms with Crippen molar-refractivity contribution in [2.45, 2.75) is 50.0 Å². The van der Waals surface area contributed by atoms with E-state index in [1.807, 2.05) is 0 Å². The SMILES string of the molecule is CC(=O)O[C@H]1[C@@H]2OC3O[C@H]([C@@H](O)[C@@H]1O3)[C@H]2OC(=O)c1ccccc1. The van der Waals surface area contributed by atoms with Crippen molar-refractivity contribution < 1.29 is 38.4 Å². The zero-order valence-electron chi connectivity index (χ0n) is 12.7. The molecule has 4 aliphatic rings. The van der Waals surface area contributed by atoms with E-state index in [-0.39, 0.29) is 0 Å². The van der Waals surface area contributed by atoms with E-state index in [1.54, 1.807) is 30.3 Å². The van der Waals surface area contributed by atoms with Crippen LogP contribution in [-0.2, 0) is 28.5 Å². The van der Waals surface area contributed by atoms with Crippen molar-refractivity contribution in [3.63, 3.8) is 0 Å². The maximum absolute atomic E-state index is 12.3. The van der Waals surface area contributed by atoms with Gasteiger partial charge in [-0.1, -0.05) is 18.2 Å². The van der Waals surface area contributed by atoms with E-state index in [0.717, 1.165) is 0 Å². The average molecular weight is 336 g/mol. The highest BCUT2D eigenvalue weighted by Gasteiger charge is 2.64. The molecule has 5 rings (SSSR count). The smallest absolute Gasteiger partial charge is 0.338 e. The number of aliphatic hydroxyl groups is 1. The standard InChI is InChI=1S/C16H16O8/c1-7(17)20-12-10-9(18)11-13(14(12)24-16(22-10)23-11)21-15(19)8-5-3-2-4-6-8/h2-6,9-14,16,18H,1H3/t9-,10-,11+,12+,13+,14-,16?/m0/s1. The molecule has 1 aromatic rings. The van der Waals surface area contributed by atoms with Crippen molar-refractivity contribution in [1.82, 2.24) is 0 Å². The lowest BCUT2D eigenvalue weighted by molar-refractivity contribution is -0.479. The molecule has 0 spiro atoms. The Morgan fingerprint density at radius 1 is 0.958 bits per heavy atom. The third-order valence-electron chi connectivity index (χ3n) is 4.33. The Hall–Kier alpha value is -2.00. The van der Waals surface area contributed by atoms with Gasteiger partial charge in [0.2, 0.25) is 0 Å². The van der Waals surface area contributed by atoms with E-state index >= 15 is 0 Å². The molecule has 128 valence electrons. The van der Waals surface area contributed by atoms with Gasteiger partial charge in [-0.2, -0.15) is 0 Å². The molecule has 1 saturated carbocycles. The second kappa shape index (κ2) is 5.82. The number of ether oxygens (including phenoxy) is 5. The molecular formula is C16H16O8. The fraction of sp³-hybridized carbons (Fsp3) is 0.500. The van der Waals surface area contributed by atoms with E-state index in [9.17, 15) is 14.7 Å². The highest BCUT2D eigenvalue weighted by Crippen LogP contribution is 2.42. The first-order valence-electron chi connectivity index (χ1n) is 7.62. The molecule has 7 atom stereocenters. The third kappa shape index (κ3) is 2.48. The Balaban J connectivity index is 1.58. The summed E-state index contributed by atoms with van der Waals surface area (Å²) in [4.78, 5) is 23.7. The summed E-state index contributed by atoms with van der Waals surface area (Å²) in [5, 5.41) is 10.4. The molecule has 24 heavy (non-hydrogen) atoms. The van der Waals surface area contributed by atoms with Gasteiger partial charge in [-0.05, 0) is 12.1 Å². The molecule has 4 bridgehead atoms. The molecule has 1 N–H and O–H groups in total. The largest absolute Gasteiger partial charge is 0.457 e. The molecule has 0 amide bonds.